The van der Waals surface area contributed by atoms with E-state index in [1.165, 1.54) is 32.2 Å². The number of carbonyl (C=O) groups excluding carboxylic acids is 4. The van der Waals surface area contributed by atoms with Gasteiger partial charge in [-0.1, -0.05) is 35.9 Å². The average molecular weight is 1140 g/mol. The molecule has 8 heterocycles. The Morgan fingerprint density at radius 2 is 1.12 bits per heavy atom. The molecule has 82 heavy (non-hydrogen) atoms. The highest BCUT2D eigenvalue weighted by molar-refractivity contribution is 6.30. The van der Waals surface area contributed by atoms with Crippen molar-refractivity contribution < 1.29 is 37.4 Å². The normalized spacial score (nSPS) is 17.5. The van der Waals surface area contributed by atoms with E-state index in [1.54, 1.807) is 43.3 Å². The molecule has 4 amide bonds. The monoisotopic (exact) mass is 1140 g/mol. The fourth-order valence-corrected chi connectivity index (χ4v) is 12.7. The minimum absolute atomic E-state index is 0.0214. The number of piperazine rings is 2. The van der Waals surface area contributed by atoms with Gasteiger partial charge in [0.1, 0.15) is 33.5 Å². The first kappa shape index (κ1) is 54.5. The summed E-state index contributed by atoms with van der Waals surface area (Å²) >= 11 is 6.26. The Bertz CT molecular complexity index is 3890. The van der Waals surface area contributed by atoms with E-state index in [0.717, 1.165) is 62.5 Å². The molecule has 2 N–H and O–H groups in total. The first-order valence-corrected chi connectivity index (χ1v) is 28.5. The number of likely N-dealkylation sites (tertiary alicyclic amines) is 2. The van der Waals surface area contributed by atoms with Gasteiger partial charge in [-0.3, -0.25) is 28.8 Å². The van der Waals surface area contributed by atoms with Crippen LogP contribution in [0.5, 0.6) is 23.0 Å². The second-order valence-corrected chi connectivity index (χ2v) is 22.4. The van der Waals surface area contributed by atoms with Crippen LogP contribution in [0.1, 0.15) is 66.7 Å². The Labute approximate surface area is 476 Å². The minimum atomic E-state index is -0.630. The van der Waals surface area contributed by atoms with Crippen molar-refractivity contribution in [2.24, 2.45) is 0 Å². The van der Waals surface area contributed by atoms with Crippen molar-refractivity contribution in [2.75, 3.05) is 108 Å². The molecule has 6 aliphatic rings. The molecule has 0 radical (unpaired) electrons. The molecular weight excluding hydrogens is 1070 g/mol. The van der Waals surface area contributed by atoms with Crippen LogP contribution in [0.3, 0.4) is 0 Å². The summed E-state index contributed by atoms with van der Waals surface area (Å²) < 4.78 is 48.1. The number of amides is 4. The van der Waals surface area contributed by atoms with Gasteiger partial charge >= 0.3 is 0 Å². The first-order chi connectivity index (χ1) is 39.6. The Morgan fingerprint density at radius 3 is 1.65 bits per heavy atom. The lowest BCUT2D eigenvalue weighted by atomic mass is 10.0. The van der Waals surface area contributed by atoms with E-state index in [9.17, 15) is 28.8 Å². The molecule has 18 nitrogen and oxygen atoms in total. The van der Waals surface area contributed by atoms with Gasteiger partial charge in [-0.15, -0.1) is 0 Å². The molecule has 13 rings (SSSR count). The van der Waals surface area contributed by atoms with Gasteiger partial charge in [0, 0.05) is 115 Å². The molecule has 0 saturated carbocycles. The fraction of sp³-hybridized carbons (Fsp3) is 0.377. The Morgan fingerprint density at radius 1 is 0.610 bits per heavy atom. The van der Waals surface area contributed by atoms with E-state index < -0.39 is 34.3 Å². The molecule has 1 unspecified atom stereocenters. The van der Waals surface area contributed by atoms with Gasteiger partial charge in [0.15, 0.2) is 34.6 Å². The lowest BCUT2D eigenvalue weighted by Gasteiger charge is -2.37. The van der Waals surface area contributed by atoms with Gasteiger partial charge in [-0.2, -0.15) is 0 Å². The molecule has 1 atom stereocenters. The Kier molecular flexibility index (Phi) is 14.9. The van der Waals surface area contributed by atoms with E-state index in [0.29, 0.717) is 117 Å². The van der Waals surface area contributed by atoms with Gasteiger partial charge in [-0.25, -0.2) is 8.78 Å². The van der Waals surface area contributed by atoms with Crippen LogP contribution in [-0.2, 0) is 9.59 Å². The van der Waals surface area contributed by atoms with Crippen LogP contribution in [0.25, 0.3) is 44.0 Å². The third-order valence-corrected chi connectivity index (χ3v) is 17.2. The summed E-state index contributed by atoms with van der Waals surface area (Å²) in [7, 11) is 2.09. The second-order valence-electron chi connectivity index (χ2n) is 21.9. The van der Waals surface area contributed by atoms with Crippen molar-refractivity contribution in [1.29, 1.82) is 0 Å². The van der Waals surface area contributed by atoms with Crippen molar-refractivity contribution in [3.8, 4) is 34.4 Å². The number of benzene rings is 5. The summed E-state index contributed by atoms with van der Waals surface area (Å²) in [5.74, 6) is -0.952. The van der Waals surface area contributed by atoms with Crippen LogP contribution in [0.4, 0.5) is 20.2 Å². The van der Waals surface area contributed by atoms with E-state index in [4.69, 9.17) is 21.1 Å². The highest BCUT2D eigenvalue weighted by Gasteiger charge is 2.35. The number of nitrogens with zero attached hydrogens (tertiary/aromatic N) is 8. The number of pyridine rings is 2. The summed E-state index contributed by atoms with van der Waals surface area (Å²) in [5.41, 5.74) is 1.31. The molecule has 0 aliphatic carbocycles. The van der Waals surface area contributed by atoms with Crippen LogP contribution >= 0.6 is 11.6 Å². The predicted octanol–water partition coefficient (Wildman–Crippen LogP) is 7.65. The molecular formula is C61H63ClF2N10O8. The molecule has 7 aromatic rings. The number of rotatable bonds is 10. The number of aromatic nitrogens is 2. The van der Waals surface area contributed by atoms with Crippen LogP contribution < -0.4 is 40.8 Å². The van der Waals surface area contributed by atoms with E-state index in [1.807, 2.05) is 46.2 Å². The van der Waals surface area contributed by atoms with Crippen LogP contribution in [-0.4, -0.2) is 157 Å². The molecule has 5 aromatic carbocycles. The number of hydrogen-bond acceptors (Lipinski definition) is 12. The van der Waals surface area contributed by atoms with Crippen LogP contribution in [0, 0.1) is 11.6 Å². The topological polar surface area (TPSA) is 174 Å². The summed E-state index contributed by atoms with van der Waals surface area (Å²) in [6.45, 7) is 11.1. The zero-order valence-electron chi connectivity index (χ0n) is 46.0. The van der Waals surface area contributed by atoms with Crippen LogP contribution in [0.2, 0.25) is 5.02 Å². The second kappa shape index (κ2) is 22.4. The number of nitrogens with one attached hydrogen (secondary N) is 2. The lowest BCUT2D eigenvalue weighted by Crippen LogP contribution is -2.48. The summed E-state index contributed by atoms with van der Waals surface area (Å²) in [6.07, 6.45) is 8.40. The maximum absolute atomic E-state index is 16.1. The molecule has 21 heteroatoms. The maximum atomic E-state index is 16.1. The molecule has 426 valence electrons. The van der Waals surface area contributed by atoms with E-state index in [-0.39, 0.29) is 56.6 Å². The number of fused-ring (bicyclic) bond motifs is 5. The Hall–Kier alpha value is -8.07. The molecule has 6 aliphatic heterocycles. The highest BCUT2D eigenvalue weighted by Crippen LogP contribution is 2.49. The summed E-state index contributed by atoms with van der Waals surface area (Å²) in [4.78, 5) is 89.4. The third kappa shape index (κ3) is 10.1. The standard InChI is InChI=1S/C33H34FN5O4.C28H29ClFN5O4/c1-20(40)37-12-14-38(15-13-37)30-26(34)18-24-29-32(30)43-28-17-22-7-4-3-6-21(22)16-27(28)39(29)19-25(31(24)41)33(42)35-10-9-23-8-5-11-36(23)2;1-17(36)33-10-12-34(13-11-33)25-21(30)15-19-24-27(25)39-23-14-18(29)4-5-22(23)35(24)16-20(26(19)37)28(38)31-6-9-32-7-2-3-8-32/h3-4,6-7,16-19,23H,5,8-15H2,1-2H3,(H,35,42);4-5,14-16H,2-3,6-13H2,1H3,(H,31,38). The maximum Gasteiger partial charge on any atom is 0.256 e. The first-order valence-electron chi connectivity index (χ1n) is 28.1. The van der Waals surface area contributed by atoms with Crippen LogP contribution in [0.15, 0.2) is 88.7 Å². The van der Waals surface area contributed by atoms with Gasteiger partial charge in [0.25, 0.3) is 11.8 Å². The number of ether oxygens (including phenoxy) is 2. The largest absolute Gasteiger partial charge is 0.451 e. The highest BCUT2D eigenvalue weighted by atomic mass is 35.5. The van der Waals surface area contributed by atoms with E-state index in [2.05, 4.69) is 27.5 Å². The fourth-order valence-electron chi connectivity index (χ4n) is 12.5. The van der Waals surface area contributed by atoms with Gasteiger partial charge in [0.2, 0.25) is 22.7 Å². The smallest absolute Gasteiger partial charge is 0.256 e. The molecule has 0 spiro atoms. The predicted molar refractivity (Wildman–Crippen MR) is 311 cm³/mol. The van der Waals surface area contributed by atoms with Crippen molar-refractivity contribution in [3.05, 3.63) is 127 Å². The summed E-state index contributed by atoms with van der Waals surface area (Å²) in [5, 5.41) is 8.28. The van der Waals surface area contributed by atoms with Crippen molar-refractivity contribution in [3.63, 3.8) is 0 Å². The number of anilines is 2. The number of carbonyl (C=O) groups is 4. The SMILES string of the molecule is CC(=O)N1CCN(c2c(F)cc3c(=O)c(C(=O)NCCC4CCCN4C)cn4c3c2Oc2cc3ccccc3cc2-4)CC1.CC(=O)N1CCN(c2c(F)cc3c(=O)c(C(=O)NCCN4CCCC4)cn4c3c2Oc2cc(Cl)ccc2-4)CC1. The Balaban J connectivity index is 0.000000163. The number of halogens is 3. The number of hydrogen-bond donors (Lipinski definition) is 2. The van der Waals surface area contributed by atoms with Crippen molar-refractivity contribution in [2.45, 2.75) is 52.0 Å². The zero-order chi connectivity index (χ0) is 57.1. The third-order valence-electron chi connectivity index (χ3n) is 17.0. The van der Waals surface area contributed by atoms with E-state index >= 15 is 8.78 Å². The molecule has 2 aromatic heterocycles. The molecule has 4 saturated heterocycles. The average Bonchev–Trinajstić information content (AvgIpc) is 3.05. The minimum Gasteiger partial charge on any atom is -0.451 e. The van der Waals surface area contributed by atoms with Gasteiger partial charge < -0.3 is 58.6 Å². The van der Waals surface area contributed by atoms with Crippen molar-refractivity contribution >= 4 is 79.2 Å². The lowest BCUT2D eigenvalue weighted by molar-refractivity contribution is -0.129. The molecule has 4 fully saturated rings. The summed E-state index contributed by atoms with van der Waals surface area (Å²) in [6, 6.07) is 19.6. The van der Waals surface area contributed by atoms with Gasteiger partial charge in [0.05, 0.1) is 22.1 Å². The molecule has 0 bridgehead atoms. The van der Waals surface area contributed by atoms with Crippen molar-refractivity contribution in [1.82, 2.24) is 39.4 Å². The quantitative estimate of drug-likeness (QED) is 0.137. The van der Waals surface area contributed by atoms with Gasteiger partial charge in [-0.05, 0) is 106 Å². The zero-order valence-corrected chi connectivity index (χ0v) is 46.8.